The summed E-state index contributed by atoms with van der Waals surface area (Å²) in [5.41, 5.74) is 0. The van der Waals surface area contributed by atoms with E-state index in [4.69, 9.17) is 4.74 Å². The summed E-state index contributed by atoms with van der Waals surface area (Å²) in [4.78, 5) is 23.1. The van der Waals surface area contributed by atoms with Gasteiger partial charge in [-0.3, -0.25) is 9.78 Å². The molecular formula is C14H14BrN3O2S. The van der Waals surface area contributed by atoms with Crippen molar-refractivity contribution in [2.45, 2.75) is 18.9 Å². The van der Waals surface area contributed by atoms with Crippen molar-refractivity contribution in [2.24, 2.45) is 0 Å². The molecule has 1 aliphatic rings. The first-order valence-corrected chi connectivity index (χ1v) is 8.35. The first kappa shape index (κ1) is 14.5. The first-order chi connectivity index (χ1) is 10.2. The van der Waals surface area contributed by atoms with E-state index in [1.165, 1.54) is 11.3 Å². The molecule has 0 aromatic carbocycles. The van der Waals surface area contributed by atoms with Gasteiger partial charge in [0.2, 0.25) is 5.88 Å². The van der Waals surface area contributed by atoms with E-state index in [2.05, 4.69) is 25.9 Å². The maximum absolute atomic E-state index is 12.4. The SMILES string of the molecule is O=C(c1cc(Br)cs1)N1CCCC(Oc2cnccn2)C1. The van der Waals surface area contributed by atoms with E-state index >= 15 is 0 Å². The number of carbonyl (C=O) groups excluding carboxylic acids is 1. The molecule has 1 aliphatic heterocycles. The molecule has 0 aliphatic carbocycles. The fourth-order valence-electron chi connectivity index (χ4n) is 2.32. The summed E-state index contributed by atoms with van der Waals surface area (Å²) in [6.07, 6.45) is 6.64. The number of aromatic nitrogens is 2. The first-order valence-electron chi connectivity index (χ1n) is 6.68. The van der Waals surface area contributed by atoms with Gasteiger partial charge in [0, 0.05) is 28.8 Å². The van der Waals surface area contributed by atoms with Crippen molar-refractivity contribution < 1.29 is 9.53 Å². The number of hydrogen-bond acceptors (Lipinski definition) is 5. The highest BCUT2D eigenvalue weighted by atomic mass is 79.9. The maximum Gasteiger partial charge on any atom is 0.264 e. The van der Waals surface area contributed by atoms with Gasteiger partial charge < -0.3 is 9.64 Å². The summed E-state index contributed by atoms with van der Waals surface area (Å²) in [6, 6.07) is 1.86. The lowest BCUT2D eigenvalue weighted by Crippen LogP contribution is -2.44. The third kappa shape index (κ3) is 3.59. The van der Waals surface area contributed by atoms with Gasteiger partial charge in [0.15, 0.2) is 0 Å². The minimum atomic E-state index is -0.0252. The molecule has 0 bridgehead atoms. The summed E-state index contributed by atoms with van der Waals surface area (Å²) < 4.78 is 6.75. The van der Waals surface area contributed by atoms with Crippen molar-refractivity contribution in [3.63, 3.8) is 0 Å². The smallest absolute Gasteiger partial charge is 0.264 e. The summed E-state index contributed by atoms with van der Waals surface area (Å²) in [6.45, 7) is 1.36. The number of thiophene rings is 1. The second-order valence-corrected chi connectivity index (χ2v) is 6.63. The van der Waals surface area contributed by atoms with Crippen LogP contribution in [0.1, 0.15) is 22.5 Å². The molecule has 1 fully saturated rings. The van der Waals surface area contributed by atoms with Crippen LogP contribution < -0.4 is 4.74 Å². The number of rotatable bonds is 3. The predicted octanol–water partition coefficient (Wildman–Crippen LogP) is 2.98. The largest absolute Gasteiger partial charge is 0.471 e. The summed E-state index contributed by atoms with van der Waals surface area (Å²) in [7, 11) is 0. The van der Waals surface area contributed by atoms with Gasteiger partial charge in [-0.15, -0.1) is 11.3 Å². The minimum Gasteiger partial charge on any atom is -0.471 e. The molecule has 0 saturated carbocycles. The van der Waals surface area contributed by atoms with Crippen LogP contribution in [0, 0.1) is 0 Å². The van der Waals surface area contributed by atoms with E-state index < -0.39 is 0 Å². The molecular weight excluding hydrogens is 354 g/mol. The Balaban J connectivity index is 1.64. The van der Waals surface area contributed by atoms with Crippen LogP contribution >= 0.6 is 27.3 Å². The van der Waals surface area contributed by atoms with Crippen molar-refractivity contribution in [1.82, 2.24) is 14.9 Å². The highest BCUT2D eigenvalue weighted by molar-refractivity contribution is 9.10. The van der Waals surface area contributed by atoms with Crippen molar-refractivity contribution in [3.8, 4) is 5.88 Å². The van der Waals surface area contributed by atoms with Gasteiger partial charge in [-0.25, -0.2) is 4.98 Å². The van der Waals surface area contributed by atoms with E-state index in [0.29, 0.717) is 12.4 Å². The molecule has 1 atom stereocenters. The molecule has 0 spiro atoms. The fraction of sp³-hybridized carbons (Fsp3) is 0.357. The zero-order valence-corrected chi connectivity index (χ0v) is 13.6. The molecule has 5 nitrogen and oxygen atoms in total. The van der Waals surface area contributed by atoms with E-state index in [-0.39, 0.29) is 12.0 Å². The second-order valence-electron chi connectivity index (χ2n) is 4.81. The number of halogens is 1. The van der Waals surface area contributed by atoms with E-state index in [9.17, 15) is 4.79 Å². The van der Waals surface area contributed by atoms with E-state index in [1.807, 2.05) is 16.3 Å². The van der Waals surface area contributed by atoms with Crippen molar-refractivity contribution in [1.29, 1.82) is 0 Å². The van der Waals surface area contributed by atoms with Crippen molar-refractivity contribution >= 4 is 33.2 Å². The molecule has 21 heavy (non-hydrogen) atoms. The van der Waals surface area contributed by atoms with Gasteiger partial charge in [0.05, 0.1) is 17.6 Å². The van der Waals surface area contributed by atoms with Crippen LogP contribution in [0.25, 0.3) is 0 Å². The number of hydrogen-bond donors (Lipinski definition) is 0. The van der Waals surface area contributed by atoms with Crippen LogP contribution in [-0.2, 0) is 0 Å². The predicted molar refractivity (Wildman–Crippen MR) is 83.6 cm³/mol. The molecule has 3 rings (SSSR count). The Bertz CT molecular complexity index is 620. The Kier molecular flexibility index (Phi) is 4.50. The Morgan fingerprint density at radius 3 is 3.10 bits per heavy atom. The quantitative estimate of drug-likeness (QED) is 0.836. The monoisotopic (exact) mass is 367 g/mol. The second kappa shape index (κ2) is 6.53. The Hall–Kier alpha value is -1.47. The molecule has 1 saturated heterocycles. The van der Waals surface area contributed by atoms with Crippen LogP contribution in [0.2, 0.25) is 0 Å². The zero-order valence-electron chi connectivity index (χ0n) is 11.2. The standard InChI is InChI=1S/C14H14BrN3O2S/c15-10-6-12(21-9-10)14(19)18-5-1-2-11(8-18)20-13-7-16-3-4-17-13/h3-4,6-7,9,11H,1-2,5,8H2. The lowest BCUT2D eigenvalue weighted by Gasteiger charge is -2.32. The van der Waals surface area contributed by atoms with Crippen LogP contribution in [0.15, 0.2) is 34.5 Å². The average Bonchev–Trinajstić information content (AvgIpc) is 2.94. The molecule has 2 aromatic rings. The van der Waals surface area contributed by atoms with Gasteiger partial charge in [-0.2, -0.15) is 0 Å². The van der Waals surface area contributed by atoms with Crippen molar-refractivity contribution in [3.05, 3.63) is 39.4 Å². The van der Waals surface area contributed by atoms with Gasteiger partial charge in [0.1, 0.15) is 6.10 Å². The van der Waals surface area contributed by atoms with Crippen LogP contribution in [0.3, 0.4) is 0 Å². The molecule has 110 valence electrons. The Morgan fingerprint density at radius 1 is 1.48 bits per heavy atom. The summed E-state index contributed by atoms with van der Waals surface area (Å²) in [5.74, 6) is 0.578. The number of piperidine rings is 1. The highest BCUT2D eigenvalue weighted by Gasteiger charge is 2.26. The summed E-state index contributed by atoms with van der Waals surface area (Å²) in [5, 5.41) is 1.92. The van der Waals surface area contributed by atoms with Gasteiger partial charge in [0.25, 0.3) is 5.91 Å². The number of amides is 1. The Morgan fingerprint density at radius 2 is 2.38 bits per heavy atom. The van der Waals surface area contributed by atoms with Crippen molar-refractivity contribution in [2.75, 3.05) is 13.1 Å². The molecule has 1 amide bonds. The Labute approximate surface area is 135 Å². The molecule has 2 aromatic heterocycles. The number of ether oxygens (including phenoxy) is 1. The van der Waals surface area contributed by atoms with Crippen LogP contribution in [0.4, 0.5) is 0 Å². The summed E-state index contributed by atoms with van der Waals surface area (Å²) >= 11 is 4.84. The van der Waals surface area contributed by atoms with E-state index in [0.717, 1.165) is 28.7 Å². The molecule has 3 heterocycles. The van der Waals surface area contributed by atoms with E-state index in [1.54, 1.807) is 18.6 Å². The average molecular weight is 368 g/mol. The van der Waals surface area contributed by atoms with Crippen LogP contribution in [-0.4, -0.2) is 40.0 Å². The number of carbonyl (C=O) groups is 1. The topological polar surface area (TPSA) is 55.3 Å². The van der Waals surface area contributed by atoms with Gasteiger partial charge >= 0.3 is 0 Å². The van der Waals surface area contributed by atoms with Gasteiger partial charge in [-0.1, -0.05) is 0 Å². The van der Waals surface area contributed by atoms with Crippen LogP contribution in [0.5, 0.6) is 5.88 Å². The molecule has 7 heteroatoms. The molecule has 0 N–H and O–H groups in total. The molecule has 0 radical (unpaired) electrons. The fourth-order valence-corrected chi connectivity index (χ4v) is 3.71. The number of nitrogens with zero attached hydrogens (tertiary/aromatic N) is 3. The lowest BCUT2D eigenvalue weighted by molar-refractivity contribution is 0.0531. The maximum atomic E-state index is 12.4. The normalized spacial score (nSPS) is 18.5. The van der Waals surface area contributed by atoms with Gasteiger partial charge in [-0.05, 0) is 34.8 Å². The zero-order chi connectivity index (χ0) is 14.7. The lowest BCUT2D eigenvalue weighted by atomic mass is 10.1. The third-order valence-corrected chi connectivity index (χ3v) is 4.95. The molecule has 1 unspecified atom stereocenters. The third-order valence-electron chi connectivity index (χ3n) is 3.27. The minimum absolute atomic E-state index is 0.0252. The number of likely N-dealkylation sites (tertiary alicyclic amines) is 1. The highest BCUT2D eigenvalue weighted by Crippen LogP contribution is 2.23.